The molecule has 0 heterocycles. The molecule has 25 heavy (non-hydrogen) atoms. The summed E-state index contributed by atoms with van der Waals surface area (Å²) in [7, 11) is 3.95. The van der Waals surface area contributed by atoms with E-state index in [-0.39, 0.29) is 23.7 Å². The maximum absolute atomic E-state index is 12.4. The van der Waals surface area contributed by atoms with E-state index in [1.807, 2.05) is 19.0 Å². The van der Waals surface area contributed by atoms with Crippen LogP contribution < -0.4 is 10.6 Å². The molecular formula is C18H25Cl2N3O2. The molecule has 2 rings (SSSR count). The van der Waals surface area contributed by atoms with E-state index in [0.717, 1.165) is 19.4 Å². The molecule has 1 aliphatic rings. The normalized spacial score (nSPS) is 20.4. The van der Waals surface area contributed by atoms with E-state index in [4.69, 9.17) is 23.2 Å². The third-order valence-corrected chi connectivity index (χ3v) is 4.89. The second-order valence-electron chi connectivity index (χ2n) is 6.79. The number of carbonyl (C=O) groups excluding carboxylic acids is 2. The molecule has 7 heteroatoms. The Hall–Kier alpha value is -1.30. The molecule has 0 aromatic heterocycles. The summed E-state index contributed by atoms with van der Waals surface area (Å²) in [6.45, 7) is 1.48. The molecule has 2 N–H and O–H groups in total. The van der Waals surface area contributed by atoms with E-state index >= 15 is 0 Å². The first-order chi connectivity index (χ1) is 11.8. The lowest BCUT2D eigenvalue weighted by molar-refractivity contribution is -0.128. The van der Waals surface area contributed by atoms with Gasteiger partial charge in [0.1, 0.15) is 0 Å². The monoisotopic (exact) mass is 385 g/mol. The molecule has 1 aromatic rings. The van der Waals surface area contributed by atoms with Crippen molar-refractivity contribution >= 4 is 40.7 Å². The molecule has 1 aliphatic carbocycles. The van der Waals surface area contributed by atoms with Gasteiger partial charge in [0, 0.05) is 40.7 Å². The Morgan fingerprint density at radius 3 is 2.04 bits per heavy atom. The van der Waals surface area contributed by atoms with Crippen LogP contribution >= 0.6 is 23.2 Å². The van der Waals surface area contributed by atoms with Gasteiger partial charge >= 0.3 is 0 Å². The summed E-state index contributed by atoms with van der Waals surface area (Å²) in [5, 5.41) is 6.81. The lowest BCUT2D eigenvalue weighted by atomic mass is 9.81. The molecule has 138 valence electrons. The quantitative estimate of drug-likeness (QED) is 0.788. The smallest absolute Gasteiger partial charge is 0.227 e. The molecule has 2 amide bonds. The van der Waals surface area contributed by atoms with Crippen LogP contribution in [0.1, 0.15) is 25.7 Å². The standard InChI is InChI=1S/C18H25Cl2N3O2/c1-23(2)8-7-21-17(24)12-3-5-13(6-4-12)18(25)22-16-10-14(19)9-15(20)11-16/h9-13H,3-8H2,1-2H3,(H,21,24)(H,22,25). The van der Waals surface area contributed by atoms with Crippen molar-refractivity contribution in [2.45, 2.75) is 25.7 Å². The summed E-state index contributed by atoms with van der Waals surface area (Å²) in [6.07, 6.45) is 2.90. The van der Waals surface area contributed by atoms with E-state index in [0.29, 0.717) is 35.1 Å². The van der Waals surface area contributed by atoms with Crippen LogP contribution in [-0.4, -0.2) is 43.9 Å². The Kier molecular flexibility index (Phi) is 7.54. The number of amides is 2. The maximum atomic E-state index is 12.4. The first-order valence-electron chi connectivity index (χ1n) is 8.54. The van der Waals surface area contributed by atoms with Gasteiger partial charge in [0.2, 0.25) is 11.8 Å². The van der Waals surface area contributed by atoms with Gasteiger partial charge in [-0.25, -0.2) is 0 Å². The van der Waals surface area contributed by atoms with Gasteiger partial charge in [-0.3, -0.25) is 9.59 Å². The summed E-state index contributed by atoms with van der Waals surface area (Å²) >= 11 is 11.9. The molecule has 0 saturated heterocycles. The minimum absolute atomic E-state index is 0.00632. The molecule has 0 unspecified atom stereocenters. The number of carbonyl (C=O) groups is 2. The molecule has 0 atom stereocenters. The van der Waals surface area contributed by atoms with Crippen molar-refractivity contribution in [3.63, 3.8) is 0 Å². The fraction of sp³-hybridized carbons (Fsp3) is 0.556. The molecule has 1 fully saturated rings. The largest absolute Gasteiger partial charge is 0.355 e. The summed E-state index contributed by atoms with van der Waals surface area (Å²) in [6, 6.07) is 4.98. The third-order valence-electron chi connectivity index (χ3n) is 4.46. The first-order valence-corrected chi connectivity index (χ1v) is 9.30. The van der Waals surface area contributed by atoms with Crippen LogP contribution in [0.5, 0.6) is 0 Å². The highest BCUT2D eigenvalue weighted by atomic mass is 35.5. The number of rotatable bonds is 6. The van der Waals surface area contributed by atoms with E-state index in [1.165, 1.54) is 0 Å². The SMILES string of the molecule is CN(C)CCNC(=O)C1CCC(C(=O)Nc2cc(Cl)cc(Cl)c2)CC1. The van der Waals surface area contributed by atoms with Gasteiger partial charge < -0.3 is 15.5 Å². The summed E-state index contributed by atoms with van der Waals surface area (Å²) in [5.74, 6) is -0.0115. The predicted octanol–water partition coefficient (Wildman–Crippen LogP) is 3.42. The molecule has 1 saturated carbocycles. The zero-order chi connectivity index (χ0) is 18.4. The van der Waals surface area contributed by atoms with E-state index < -0.39 is 0 Å². The Morgan fingerprint density at radius 2 is 1.52 bits per heavy atom. The number of hydrogen-bond donors (Lipinski definition) is 2. The highest BCUT2D eigenvalue weighted by Gasteiger charge is 2.29. The van der Waals surface area contributed by atoms with Crippen LogP contribution in [0, 0.1) is 11.8 Å². The third kappa shape index (κ3) is 6.49. The summed E-state index contributed by atoms with van der Waals surface area (Å²) in [4.78, 5) is 26.6. The van der Waals surface area contributed by atoms with Gasteiger partial charge in [-0.05, 0) is 58.0 Å². The van der Waals surface area contributed by atoms with Gasteiger partial charge in [-0.2, -0.15) is 0 Å². The number of nitrogens with one attached hydrogen (secondary N) is 2. The zero-order valence-electron chi connectivity index (χ0n) is 14.6. The first kappa shape index (κ1) is 20.0. The van der Waals surface area contributed by atoms with Gasteiger partial charge in [-0.1, -0.05) is 23.2 Å². The molecule has 0 bridgehead atoms. The number of likely N-dealkylation sites (N-methyl/N-ethyl adjacent to an activating group) is 1. The van der Waals surface area contributed by atoms with E-state index in [1.54, 1.807) is 18.2 Å². The number of halogens is 2. The van der Waals surface area contributed by atoms with Crippen molar-refractivity contribution in [2.75, 3.05) is 32.5 Å². The van der Waals surface area contributed by atoms with Crippen molar-refractivity contribution in [3.05, 3.63) is 28.2 Å². The van der Waals surface area contributed by atoms with Crippen molar-refractivity contribution in [3.8, 4) is 0 Å². The number of anilines is 1. The van der Waals surface area contributed by atoms with Gasteiger partial charge in [-0.15, -0.1) is 0 Å². The Balaban J connectivity index is 1.79. The van der Waals surface area contributed by atoms with Crippen LogP contribution in [-0.2, 0) is 9.59 Å². The molecule has 1 aromatic carbocycles. The molecule has 0 aliphatic heterocycles. The van der Waals surface area contributed by atoms with Crippen LogP contribution in [0.4, 0.5) is 5.69 Å². The Labute approximate surface area is 159 Å². The van der Waals surface area contributed by atoms with Crippen LogP contribution in [0.15, 0.2) is 18.2 Å². The average molecular weight is 386 g/mol. The zero-order valence-corrected chi connectivity index (χ0v) is 16.2. The number of hydrogen-bond acceptors (Lipinski definition) is 3. The second-order valence-corrected chi connectivity index (χ2v) is 7.66. The molecular weight excluding hydrogens is 361 g/mol. The van der Waals surface area contributed by atoms with Crippen LogP contribution in [0.3, 0.4) is 0 Å². The van der Waals surface area contributed by atoms with E-state index in [2.05, 4.69) is 10.6 Å². The molecule has 0 radical (unpaired) electrons. The van der Waals surface area contributed by atoms with Crippen molar-refractivity contribution in [1.29, 1.82) is 0 Å². The lowest BCUT2D eigenvalue weighted by Gasteiger charge is -2.27. The van der Waals surface area contributed by atoms with Crippen molar-refractivity contribution in [1.82, 2.24) is 10.2 Å². The Morgan fingerprint density at radius 1 is 1.00 bits per heavy atom. The highest BCUT2D eigenvalue weighted by molar-refractivity contribution is 6.35. The lowest BCUT2D eigenvalue weighted by Crippen LogP contribution is -2.38. The molecule has 0 spiro atoms. The summed E-state index contributed by atoms with van der Waals surface area (Å²) < 4.78 is 0. The fourth-order valence-corrected chi connectivity index (χ4v) is 3.56. The number of nitrogens with zero attached hydrogens (tertiary/aromatic N) is 1. The van der Waals surface area contributed by atoms with Gasteiger partial charge in [0.05, 0.1) is 0 Å². The van der Waals surface area contributed by atoms with Crippen LogP contribution in [0.25, 0.3) is 0 Å². The summed E-state index contributed by atoms with van der Waals surface area (Å²) in [5.41, 5.74) is 0.603. The van der Waals surface area contributed by atoms with Crippen LogP contribution in [0.2, 0.25) is 10.0 Å². The predicted molar refractivity (Wildman–Crippen MR) is 102 cm³/mol. The highest BCUT2D eigenvalue weighted by Crippen LogP contribution is 2.30. The van der Waals surface area contributed by atoms with Crippen molar-refractivity contribution < 1.29 is 9.59 Å². The minimum atomic E-state index is -0.0800. The minimum Gasteiger partial charge on any atom is -0.355 e. The fourth-order valence-electron chi connectivity index (χ4n) is 3.04. The van der Waals surface area contributed by atoms with Gasteiger partial charge in [0.25, 0.3) is 0 Å². The topological polar surface area (TPSA) is 61.4 Å². The van der Waals surface area contributed by atoms with Crippen molar-refractivity contribution in [2.24, 2.45) is 11.8 Å². The average Bonchev–Trinajstić information content (AvgIpc) is 2.53. The Bertz CT molecular complexity index is 594. The molecule has 5 nitrogen and oxygen atoms in total. The maximum Gasteiger partial charge on any atom is 0.227 e. The number of benzene rings is 1. The van der Waals surface area contributed by atoms with Gasteiger partial charge in [0.15, 0.2) is 0 Å². The van der Waals surface area contributed by atoms with E-state index in [9.17, 15) is 9.59 Å². The second kappa shape index (κ2) is 9.41.